The van der Waals surface area contributed by atoms with E-state index in [0.29, 0.717) is 0 Å². The SMILES string of the molecule is CC(C)Oc1ccc(NC(=O)C2(C)CCNCC2)cc1. The van der Waals surface area contributed by atoms with Crippen molar-refractivity contribution in [2.45, 2.75) is 39.7 Å². The van der Waals surface area contributed by atoms with Crippen LogP contribution in [-0.4, -0.2) is 25.1 Å². The molecule has 1 amide bonds. The number of nitrogens with one attached hydrogen (secondary N) is 2. The Hall–Kier alpha value is -1.55. The van der Waals surface area contributed by atoms with Gasteiger partial charge in [-0.25, -0.2) is 0 Å². The van der Waals surface area contributed by atoms with E-state index in [1.807, 2.05) is 45.0 Å². The number of ether oxygens (including phenoxy) is 1. The first-order chi connectivity index (χ1) is 9.49. The number of piperidine rings is 1. The summed E-state index contributed by atoms with van der Waals surface area (Å²) in [5.41, 5.74) is 0.559. The number of carbonyl (C=O) groups excluding carboxylic acids is 1. The fraction of sp³-hybridized carbons (Fsp3) is 0.562. The Morgan fingerprint density at radius 1 is 1.25 bits per heavy atom. The van der Waals surface area contributed by atoms with Crippen LogP contribution in [0.15, 0.2) is 24.3 Å². The summed E-state index contributed by atoms with van der Waals surface area (Å²) in [6, 6.07) is 7.56. The van der Waals surface area contributed by atoms with Crippen molar-refractivity contribution in [3.8, 4) is 5.75 Å². The third-order valence-corrected chi connectivity index (χ3v) is 3.74. The first-order valence-corrected chi connectivity index (χ1v) is 7.28. The molecule has 2 rings (SSSR count). The Morgan fingerprint density at radius 3 is 2.40 bits per heavy atom. The molecule has 0 radical (unpaired) electrons. The summed E-state index contributed by atoms with van der Waals surface area (Å²) in [7, 11) is 0. The Bertz CT molecular complexity index is 448. The van der Waals surface area contributed by atoms with Crippen molar-refractivity contribution in [3.05, 3.63) is 24.3 Å². The highest BCUT2D eigenvalue weighted by atomic mass is 16.5. The van der Waals surface area contributed by atoms with Gasteiger partial charge in [0.05, 0.1) is 6.10 Å². The second-order valence-electron chi connectivity index (χ2n) is 5.96. The summed E-state index contributed by atoms with van der Waals surface area (Å²) in [5.74, 6) is 0.933. The molecule has 0 atom stereocenters. The monoisotopic (exact) mass is 276 g/mol. The molecule has 1 fully saturated rings. The third-order valence-electron chi connectivity index (χ3n) is 3.74. The summed E-state index contributed by atoms with van der Waals surface area (Å²) in [6.45, 7) is 7.84. The van der Waals surface area contributed by atoms with Gasteiger partial charge < -0.3 is 15.4 Å². The predicted octanol–water partition coefficient (Wildman–Crippen LogP) is 2.80. The molecule has 1 aliphatic rings. The number of carbonyl (C=O) groups is 1. The van der Waals surface area contributed by atoms with E-state index in [0.717, 1.165) is 37.4 Å². The molecule has 0 saturated carbocycles. The predicted molar refractivity (Wildman–Crippen MR) is 81.0 cm³/mol. The van der Waals surface area contributed by atoms with Crippen molar-refractivity contribution >= 4 is 11.6 Å². The molecule has 2 N–H and O–H groups in total. The van der Waals surface area contributed by atoms with Gasteiger partial charge in [-0.2, -0.15) is 0 Å². The molecular weight excluding hydrogens is 252 g/mol. The quantitative estimate of drug-likeness (QED) is 0.889. The van der Waals surface area contributed by atoms with Gasteiger partial charge in [0.25, 0.3) is 0 Å². The van der Waals surface area contributed by atoms with Crippen LogP contribution in [0.3, 0.4) is 0 Å². The minimum atomic E-state index is -0.266. The van der Waals surface area contributed by atoms with E-state index in [9.17, 15) is 4.79 Å². The lowest BCUT2D eigenvalue weighted by Crippen LogP contribution is -2.42. The van der Waals surface area contributed by atoms with Crippen LogP contribution >= 0.6 is 0 Å². The normalized spacial score (nSPS) is 17.8. The molecule has 0 spiro atoms. The molecular formula is C16H24N2O2. The fourth-order valence-corrected chi connectivity index (χ4v) is 2.38. The molecule has 110 valence electrons. The number of rotatable bonds is 4. The highest BCUT2D eigenvalue weighted by Gasteiger charge is 2.34. The Balaban J connectivity index is 1.97. The minimum Gasteiger partial charge on any atom is -0.491 e. The zero-order chi connectivity index (χ0) is 14.6. The van der Waals surface area contributed by atoms with Gasteiger partial charge in [-0.1, -0.05) is 6.92 Å². The number of hydrogen-bond donors (Lipinski definition) is 2. The van der Waals surface area contributed by atoms with Crippen molar-refractivity contribution in [1.29, 1.82) is 0 Å². The molecule has 1 aromatic rings. The highest BCUT2D eigenvalue weighted by molar-refractivity contribution is 5.95. The van der Waals surface area contributed by atoms with Crippen molar-refractivity contribution < 1.29 is 9.53 Å². The van der Waals surface area contributed by atoms with Gasteiger partial charge in [-0.15, -0.1) is 0 Å². The van der Waals surface area contributed by atoms with Crippen molar-refractivity contribution in [1.82, 2.24) is 5.32 Å². The Morgan fingerprint density at radius 2 is 1.85 bits per heavy atom. The number of hydrogen-bond acceptors (Lipinski definition) is 3. The maximum atomic E-state index is 12.4. The number of amides is 1. The summed E-state index contributed by atoms with van der Waals surface area (Å²) >= 11 is 0. The largest absolute Gasteiger partial charge is 0.491 e. The molecule has 20 heavy (non-hydrogen) atoms. The van der Waals surface area contributed by atoms with Gasteiger partial charge in [0, 0.05) is 11.1 Å². The molecule has 0 bridgehead atoms. The Kier molecular flexibility index (Phi) is 4.65. The molecule has 1 aliphatic heterocycles. The third kappa shape index (κ3) is 3.73. The molecule has 1 aromatic carbocycles. The number of anilines is 1. The van der Waals surface area contributed by atoms with Crippen LogP contribution in [0, 0.1) is 5.41 Å². The van der Waals surface area contributed by atoms with Crippen LogP contribution in [0.4, 0.5) is 5.69 Å². The fourth-order valence-electron chi connectivity index (χ4n) is 2.38. The molecule has 0 aliphatic carbocycles. The smallest absolute Gasteiger partial charge is 0.230 e. The summed E-state index contributed by atoms with van der Waals surface area (Å²) < 4.78 is 5.59. The first kappa shape index (κ1) is 14.9. The average molecular weight is 276 g/mol. The van der Waals surface area contributed by atoms with Gasteiger partial charge in [-0.05, 0) is 64.0 Å². The maximum Gasteiger partial charge on any atom is 0.230 e. The van der Waals surface area contributed by atoms with Gasteiger partial charge in [0.1, 0.15) is 5.75 Å². The first-order valence-electron chi connectivity index (χ1n) is 7.28. The highest BCUT2D eigenvalue weighted by Crippen LogP contribution is 2.29. The van der Waals surface area contributed by atoms with Crippen LogP contribution in [0.1, 0.15) is 33.6 Å². The lowest BCUT2D eigenvalue weighted by Gasteiger charge is -2.32. The van der Waals surface area contributed by atoms with Crippen LogP contribution in [0.2, 0.25) is 0 Å². The van der Waals surface area contributed by atoms with Crippen molar-refractivity contribution in [3.63, 3.8) is 0 Å². The zero-order valence-corrected chi connectivity index (χ0v) is 12.5. The lowest BCUT2D eigenvalue weighted by molar-refractivity contribution is -0.126. The van der Waals surface area contributed by atoms with E-state index in [4.69, 9.17) is 4.74 Å². The van der Waals surface area contributed by atoms with Crippen LogP contribution in [0.5, 0.6) is 5.75 Å². The summed E-state index contributed by atoms with van der Waals surface area (Å²) in [5, 5.41) is 6.30. The van der Waals surface area contributed by atoms with Crippen molar-refractivity contribution in [2.24, 2.45) is 5.41 Å². The number of benzene rings is 1. The van der Waals surface area contributed by atoms with Crippen LogP contribution < -0.4 is 15.4 Å². The maximum absolute atomic E-state index is 12.4. The molecule has 1 saturated heterocycles. The van der Waals surface area contributed by atoms with E-state index in [-0.39, 0.29) is 17.4 Å². The zero-order valence-electron chi connectivity index (χ0n) is 12.5. The standard InChI is InChI=1S/C16H24N2O2/c1-12(2)20-14-6-4-13(5-7-14)18-15(19)16(3)8-10-17-11-9-16/h4-7,12,17H,8-11H2,1-3H3,(H,18,19). The van der Waals surface area contributed by atoms with Crippen LogP contribution in [-0.2, 0) is 4.79 Å². The Labute approximate surface area is 120 Å². The van der Waals surface area contributed by atoms with Gasteiger partial charge in [0.15, 0.2) is 0 Å². The summed E-state index contributed by atoms with van der Waals surface area (Å²) in [4.78, 5) is 12.4. The molecule has 1 heterocycles. The van der Waals surface area contributed by atoms with Gasteiger partial charge in [0.2, 0.25) is 5.91 Å². The molecule has 0 unspecified atom stereocenters. The summed E-state index contributed by atoms with van der Waals surface area (Å²) in [6.07, 6.45) is 1.92. The lowest BCUT2D eigenvalue weighted by atomic mass is 9.80. The van der Waals surface area contributed by atoms with Crippen LogP contribution in [0.25, 0.3) is 0 Å². The average Bonchev–Trinajstić information content (AvgIpc) is 2.41. The second-order valence-corrected chi connectivity index (χ2v) is 5.96. The van der Waals surface area contributed by atoms with E-state index in [1.165, 1.54) is 0 Å². The molecule has 0 aromatic heterocycles. The van der Waals surface area contributed by atoms with E-state index in [1.54, 1.807) is 0 Å². The topological polar surface area (TPSA) is 50.4 Å². The minimum absolute atomic E-state index is 0.108. The van der Waals surface area contributed by atoms with E-state index in [2.05, 4.69) is 10.6 Å². The molecule has 4 heteroatoms. The van der Waals surface area contributed by atoms with Gasteiger partial charge in [-0.3, -0.25) is 4.79 Å². The van der Waals surface area contributed by atoms with Crippen molar-refractivity contribution in [2.75, 3.05) is 18.4 Å². The van der Waals surface area contributed by atoms with Gasteiger partial charge >= 0.3 is 0 Å². The second kappa shape index (κ2) is 6.27. The van der Waals surface area contributed by atoms with E-state index < -0.39 is 0 Å². The van der Waals surface area contributed by atoms with E-state index >= 15 is 0 Å². The molecule has 4 nitrogen and oxygen atoms in total.